The Kier molecular flexibility index (Phi) is 4.60. The Morgan fingerprint density at radius 2 is 1.82 bits per heavy atom. The average Bonchev–Trinajstić information content (AvgIpc) is 2.74. The van der Waals surface area contributed by atoms with Crippen molar-refractivity contribution in [2.75, 3.05) is 12.4 Å². The number of anilines is 1. The molecule has 0 unspecified atom stereocenters. The number of hydrogen-bond acceptors (Lipinski definition) is 5. The molecule has 4 rings (SSSR count). The Balaban J connectivity index is 1.74. The van der Waals surface area contributed by atoms with Gasteiger partial charge in [0.1, 0.15) is 17.1 Å². The van der Waals surface area contributed by atoms with Crippen LogP contribution in [0.4, 0.5) is 5.69 Å². The van der Waals surface area contributed by atoms with Crippen LogP contribution in [0, 0.1) is 0 Å². The summed E-state index contributed by atoms with van der Waals surface area (Å²) in [6.07, 6.45) is 3.10. The van der Waals surface area contributed by atoms with Gasteiger partial charge in [0.05, 0.1) is 18.1 Å². The number of benzene rings is 2. The Bertz CT molecular complexity index is 1220. The maximum absolute atomic E-state index is 12.5. The molecule has 6 heteroatoms. The lowest BCUT2D eigenvalue weighted by Crippen LogP contribution is -2.12. The quantitative estimate of drug-likeness (QED) is 0.583. The van der Waals surface area contributed by atoms with Crippen LogP contribution in [0.5, 0.6) is 5.75 Å². The van der Waals surface area contributed by atoms with E-state index in [1.54, 1.807) is 55.9 Å². The number of carbonyl (C=O) groups excluding carboxylic acids is 1. The van der Waals surface area contributed by atoms with Crippen molar-refractivity contribution in [1.29, 1.82) is 0 Å². The summed E-state index contributed by atoms with van der Waals surface area (Å²) in [5.74, 6) is 0.727. The van der Waals surface area contributed by atoms with E-state index in [9.17, 15) is 9.59 Å². The van der Waals surface area contributed by atoms with Crippen molar-refractivity contribution in [3.63, 3.8) is 0 Å². The molecule has 0 spiro atoms. The molecule has 138 valence electrons. The molecule has 28 heavy (non-hydrogen) atoms. The number of rotatable bonds is 4. The van der Waals surface area contributed by atoms with Crippen molar-refractivity contribution in [3.05, 3.63) is 88.8 Å². The SMILES string of the molecule is COc1ccccc1-c1cc(=O)c2ccc(NC(=O)c3ccncc3)cc2o1. The van der Waals surface area contributed by atoms with Crippen LogP contribution in [0.25, 0.3) is 22.3 Å². The first kappa shape index (κ1) is 17.5. The van der Waals surface area contributed by atoms with E-state index in [4.69, 9.17) is 9.15 Å². The fourth-order valence-corrected chi connectivity index (χ4v) is 2.92. The number of methoxy groups -OCH3 is 1. The van der Waals surface area contributed by atoms with Crippen LogP contribution in [0.2, 0.25) is 0 Å². The first-order valence-electron chi connectivity index (χ1n) is 8.58. The number of fused-ring (bicyclic) bond motifs is 1. The number of para-hydroxylation sites is 1. The predicted octanol–water partition coefficient (Wildman–Crippen LogP) is 4.12. The number of aromatic nitrogens is 1. The second-order valence-electron chi connectivity index (χ2n) is 6.08. The highest BCUT2D eigenvalue weighted by Crippen LogP contribution is 2.31. The van der Waals surface area contributed by atoms with Gasteiger partial charge in [0.2, 0.25) is 0 Å². The number of ether oxygens (including phenoxy) is 1. The molecule has 0 radical (unpaired) electrons. The van der Waals surface area contributed by atoms with E-state index >= 15 is 0 Å². The first-order chi connectivity index (χ1) is 13.7. The van der Waals surface area contributed by atoms with Crippen molar-refractivity contribution in [3.8, 4) is 17.1 Å². The summed E-state index contributed by atoms with van der Waals surface area (Å²) in [6.45, 7) is 0. The highest BCUT2D eigenvalue weighted by atomic mass is 16.5. The molecule has 6 nitrogen and oxygen atoms in total. The van der Waals surface area contributed by atoms with E-state index in [2.05, 4.69) is 10.3 Å². The lowest BCUT2D eigenvalue weighted by Gasteiger charge is -2.09. The molecule has 0 aliphatic rings. The Morgan fingerprint density at radius 3 is 2.61 bits per heavy atom. The van der Waals surface area contributed by atoms with Crippen LogP contribution in [0.3, 0.4) is 0 Å². The van der Waals surface area contributed by atoms with Crippen LogP contribution < -0.4 is 15.5 Å². The summed E-state index contributed by atoms with van der Waals surface area (Å²) in [7, 11) is 1.56. The fraction of sp³-hybridized carbons (Fsp3) is 0.0455. The van der Waals surface area contributed by atoms with Gasteiger partial charge < -0.3 is 14.5 Å². The summed E-state index contributed by atoms with van der Waals surface area (Å²) >= 11 is 0. The van der Waals surface area contributed by atoms with Crippen LogP contribution in [-0.2, 0) is 0 Å². The van der Waals surface area contributed by atoms with Gasteiger partial charge in [-0.2, -0.15) is 0 Å². The van der Waals surface area contributed by atoms with Gasteiger partial charge in [0, 0.05) is 35.8 Å². The van der Waals surface area contributed by atoms with Gasteiger partial charge >= 0.3 is 0 Å². The first-order valence-corrected chi connectivity index (χ1v) is 8.58. The molecule has 2 aromatic carbocycles. The minimum atomic E-state index is -0.273. The standard InChI is InChI=1S/C22H16N2O4/c1-27-19-5-3-2-4-17(19)21-13-18(25)16-7-6-15(12-20(16)28-21)24-22(26)14-8-10-23-11-9-14/h2-13H,1H3,(H,24,26). The second kappa shape index (κ2) is 7.36. The van der Waals surface area contributed by atoms with Crippen LogP contribution in [0.1, 0.15) is 10.4 Å². The number of pyridine rings is 1. The zero-order valence-corrected chi connectivity index (χ0v) is 15.0. The number of hydrogen-bond donors (Lipinski definition) is 1. The van der Waals surface area contributed by atoms with Crippen molar-refractivity contribution in [2.24, 2.45) is 0 Å². The highest BCUT2D eigenvalue weighted by molar-refractivity contribution is 6.04. The van der Waals surface area contributed by atoms with E-state index in [1.165, 1.54) is 6.07 Å². The Morgan fingerprint density at radius 1 is 1.04 bits per heavy atom. The van der Waals surface area contributed by atoms with Crippen molar-refractivity contribution < 1.29 is 13.9 Å². The molecule has 2 heterocycles. The number of nitrogens with one attached hydrogen (secondary N) is 1. The van der Waals surface area contributed by atoms with Crippen LogP contribution in [0.15, 0.2) is 82.3 Å². The van der Waals surface area contributed by atoms with Crippen molar-refractivity contribution in [1.82, 2.24) is 4.98 Å². The molecule has 1 N–H and O–H groups in total. The number of amides is 1. The van der Waals surface area contributed by atoms with Gasteiger partial charge in [-0.3, -0.25) is 14.6 Å². The fourth-order valence-electron chi connectivity index (χ4n) is 2.92. The molecule has 4 aromatic rings. The summed E-state index contributed by atoms with van der Waals surface area (Å²) in [4.78, 5) is 28.8. The van der Waals surface area contributed by atoms with Crippen molar-refractivity contribution >= 4 is 22.6 Å². The molecule has 0 bridgehead atoms. The third kappa shape index (κ3) is 3.35. The topological polar surface area (TPSA) is 81.4 Å². The lowest BCUT2D eigenvalue weighted by molar-refractivity contribution is 0.102. The average molecular weight is 372 g/mol. The summed E-state index contributed by atoms with van der Waals surface area (Å²) in [5.41, 5.74) is 1.89. The monoisotopic (exact) mass is 372 g/mol. The molecule has 0 aliphatic carbocycles. The lowest BCUT2D eigenvalue weighted by atomic mass is 10.1. The smallest absolute Gasteiger partial charge is 0.255 e. The van der Waals surface area contributed by atoms with E-state index in [1.807, 2.05) is 18.2 Å². The molecule has 0 atom stereocenters. The van der Waals surface area contributed by atoms with Crippen LogP contribution >= 0.6 is 0 Å². The number of carbonyl (C=O) groups is 1. The van der Waals surface area contributed by atoms with Gasteiger partial charge in [-0.15, -0.1) is 0 Å². The van der Waals surface area contributed by atoms with Gasteiger partial charge in [0.25, 0.3) is 5.91 Å². The number of nitrogens with zero attached hydrogens (tertiary/aromatic N) is 1. The molecule has 0 saturated heterocycles. The Labute approximate surface area is 160 Å². The predicted molar refractivity (Wildman–Crippen MR) is 107 cm³/mol. The third-order valence-electron chi connectivity index (χ3n) is 4.30. The molecule has 0 fully saturated rings. The maximum Gasteiger partial charge on any atom is 0.255 e. The minimum Gasteiger partial charge on any atom is -0.496 e. The largest absolute Gasteiger partial charge is 0.496 e. The molecule has 0 aliphatic heterocycles. The van der Waals surface area contributed by atoms with E-state index in [-0.39, 0.29) is 11.3 Å². The zero-order chi connectivity index (χ0) is 19.5. The van der Waals surface area contributed by atoms with Gasteiger partial charge in [-0.05, 0) is 36.4 Å². The second-order valence-corrected chi connectivity index (χ2v) is 6.08. The van der Waals surface area contributed by atoms with E-state index < -0.39 is 0 Å². The minimum absolute atomic E-state index is 0.172. The van der Waals surface area contributed by atoms with Crippen molar-refractivity contribution in [2.45, 2.75) is 0 Å². The highest BCUT2D eigenvalue weighted by Gasteiger charge is 2.12. The molecular formula is C22H16N2O4. The summed E-state index contributed by atoms with van der Waals surface area (Å²) < 4.78 is 11.3. The summed E-state index contributed by atoms with van der Waals surface area (Å²) in [5, 5.41) is 3.23. The molecular weight excluding hydrogens is 356 g/mol. The zero-order valence-electron chi connectivity index (χ0n) is 15.0. The third-order valence-corrected chi connectivity index (χ3v) is 4.30. The van der Waals surface area contributed by atoms with E-state index in [0.29, 0.717) is 39.3 Å². The van der Waals surface area contributed by atoms with Gasteiger partial charge in [-0.25, -0.2) is 0 Å². The van der Waals surface area contributed by atoms with Crippen LogP contribution in [-0.4, -0.2) is 18.0 Å². The molecule has 2 aromatic heterocycles. The normalized spacial score (nSPS) is 10.6. The van der Waals surface area contributed by atoms with Gasteiger partial charge in [0.15, 0.2) is 5.43 Å². The Hall–Kier alpha value is -3.93. The van der Waals surface area contributed by atoms with Gasteiger partial charge in [-0.1, -0.05) is 12.1 Å². The summed E-state index contributed by atoms with van der Waals surface area (Å²) in [6, 6.07) is 16.9. The maximum atomic E-state index is 12.5. The molecule has 1 amide bonds. The van der Waals surface area contributed by atoms with E-state index in [0.717, 1.165) is 0 Å². The molecule has 0 saturated carbocycles.